The van der Waals surface area contributed by atoms with Crippen LogP contribution in [-0.2, 0) is 22.5 Å². The molecule has 32 heavy (non-hydrogen) atoms. The van der Waals surface area contributed by atoms with Crippen LogP contribution in [0.2, 0.25) is 0 Å². The standard InChI is InChI=1S/C21H26O11/c1-9(8-30-21-20(29)19(28)18(27)15(7-23)32-21)2-3-11-12(24)5-14-16(17(11)26)13(25)4-10(6-22)31-14/h2,4-5,15,18-24,26-29H,3,6-8H2,1H3/b9-2-/t15-,18-,19+,20-,21-/m1/s1. The van der Waals surface area contributed by atoms with Gasteiger partial charge in [-0.1, -0.05) is 11.6 Å². The Morgan fingerprint density at radius 3 is 2.50 bits per heavy atom. The van der Waals surface area contributed by atoms with Gasteiger partial charge in [0.15, 0.2) is 11.7 Å². The van der Waals surface area contributed by atoms with Crippen molar-refractivity contribution in [2.75, 3.05) is 13.2 Å². The van der Waals surface area contributed by atoms with Gasteiger partial charge in [-0.3, -0.25) is 4.79 Å². The zero-order valence-electron chi connectivity index (χ0n) is 17.2. The van der Waals surface area contributed by atoms with E-state index in [0.29, 0.717) is 5.57 Å². The highest BCUT2D eigenvalue weighted by Crippen LogP contribution is 2.35. The summed E-state index contributed by atoms with van der Waals surface area (Å²) in [6.07, 6.45) is -5.32. The molecule has 0 unspecified atom stereocenters. The van der Waals surface area contributed by atoms with Crippen LogP contribution in [0.3, 0.4) is 0 Å². The van der Waals surface area contributed by atoms with E-state index < -0.39 is 55.1 Å². The van der Waals surface area contributed by atoms with Crippen LogP contribution in [0, 0.1) is 0 Å². The first-order valence-electron chi connectivity index (χ1n) is 9.87. The summed E-state index contributed by atoms with van der Waals surface area (Å²) < 4.78 is 16.0. The third kappa shape index (κ3) is 4.79. The predicted octanol–water partition coefficient (Wildman–Crippen LogP) is -0.998. The van der Waals surface area contributed by atoms with Crippen molar-refractivity contribution < 1.29 is 49.6 Å². The molecule has 3 rings (SSSR count). The van der Waals surface area contributed by atoms with Crippen molar-refractivity contribution in [3.8, 4) is 11.5 Å². The molecule has 11 heteroatoms. The van der Waals surface area contributed by atoms with Crippen molar-refractivity contribution in [2.45, 2.75) is 50.7 Å². The maximum absolute atomic E-state index is 12.2. The average Bonchev–Trinajstić information content (AvgIpc) is 2.76. The van der Waals surface area contributed by atoms with E-state index in [1.165, 1.54) is 6.07 Å². The summed E-state index contributed by atoms with van der Waals surface area (Å²) in [5.74, 6) is -0.764. The van der Waals surface area contributed by atoms with Crippen molar-refractivity contribution in [2.24, 2.45) is 0 Å². The predicted molar refractivity (Wildman–Crippen MR) is 109 cm³/mol. The molecule has 0 saturated carbocycles. The van der Waals surface area contributed by atoms with Crippen molar-refractivity contribution >= 4 is 11.0 Å². The van der Waals surface area contributed by atoms with E-state index >= 15 is 0 Å². The first-order valence-corrected chi connectivity index (χ1v) is 9.87. The van der Waals surface area contributed by atoms with Crippen molar-refractivity contribution in [3.05, 3.63) is 45.3 Å². The lowest BCUT2D eigenvalue weighted by molar-refractivity contribution is -0.299. The van der Waals surface area contributed by atoms with Gasteiger partial charge in [-0.05, 0) is 13.3 Å². The Bertz CT molecular complexity index is 1040. The highest BCUT2D eigenvalue weighted by molar-refractivity contribution is 5.86. The first-order chi connectivity index (χ1) is 15.2. The summed E-state index contributed by atoms with van der Waals surface area (Å²) in [5.41, 5.74) is 0.0462. The van der Waals surface area contributed by atoms with Gasteiger partial charge in [-0.2, -0.15) is 0 Å². The number of allylic oxidation sites excluding steroid dienone is 1. The maximum Gasteiger partial charge on any atom is 0.196 e. The van der Waals surface area contributed by atoms with Gasteiger partial charge in [-0.25, -0.2) is 0 Å². The molecule has 1 aromatic heterocycles. The van der Waals surface area contributed by atoms with Crippen LogP contribution in [0.15, 0.2) is 33.0 Å². The van der Waals surface area contributed by atoms with E-state index in [4.69, 9.17) is 19.0 Å². The third-order valence-corrected chi connectivity index (χ3v) is 5.26. The summed E-state index contributed by atoms with van der Waals surface area (Å²) in [6, 6.07) is 2.23. The monoisotopic (exact) mass is 454 g/mol. The Hall–Kier alpha value is -2.51. The minimum Gasteiger partial charge on any atom is -0.507 e. The number of fused-ring (bicyclic) bond motifs is 1. The molecule has 1 saturated heterocycles. The van der Waals surface area contributed by atoms with Gasteiger partial charge >= 0.3 is 0 Å². The van der Waals surface area contributed by atoms with Crippen LogP contribution in [0.25, 0.3) is 11.0 Å². The van der Waals surface area contributed by atoms with Crippen LogP contribution >= 0.6 is 0 Å². The average molecular weight is 454 g/mol. The zero-order valence-corrected chi connectivity index (χ0v) is 17.2. The lowest BCUT2D eigenvalue weighted by Crippen LogP contribution is -2.59. The topological polar surface area (TPSA) is 190 Å². The van der Waals surface area contributed by atoms with E-state index in [1.807, 2.05) is 0 Å². The molecule has 0 amide bonds. The Morgan fingerprint density at radius 2 is 1.84 bits per heavy atom. The zero-order chi connectivity index (χ0) is 23.6. The number of aliphatic hydroxyl groups excluding tert-OH is 5. The van der Waals surface area contributed by atoms with Crippen LogP contribution in [0.5, 0.6) is 11.5 Å². The molecule has 2 heterocycles. The van der Waals surface area contributed by atoms with Crippen LogP contribution < -0.4 is 5.43 Å². The number of aromatic hydroxyl groups is 2. The molecule has 7 N–H and O–H groups in total. The molecule has 11 nitrogen and oxygen atoms in total. The normalized spacial score (nSPS) is 26.6. The second kappa shape index (κ2) is 9.96. The van der Waals surface area contributed by atoms with E-state index in [1.54, 1.807) is 13.0 Å². The Labute approximate surface area is 182 Å². The lowest BCUT2D eigenvalue weighted by atomic mass is 9.99. The summed E-state index contributed by atoms with van der Waals surface area (Å²) >= 11 is 0. The highest BCUT2D eigenvalue weighted by atomic mass is 16.7. The number of ether oxygens (including phenoxy) is 2. The quantitative estimate of drug-likeness (QED) is 0.254. The lowest BCUT2D eigenvalue weighted by Gasteiger charge is -2.39. The minimum atomic E-state index is -1.56. The molecular formula is C21H26O11. The highest BCUT2D eigenvalue weighted by Gasteiger charge is 2.43. The number of benzene rings is 1. The fourth-order valence-electron chi connectivity index (χ4n) is 3.41. The van der Waals surface area contributed by atoms with Crippen molar-refractivity contribution in [3.63, 3.8) is 0 Å². The molecule has 1 fully saturated rings. The molecule has 1 aromatic carbocycles. The van der Waals surface area contributed by atoms with E-state index in [9.17, 15) is 35.4 Å². The van der Waals surface area contributed by atoms with Crippen LogP contribution in [-0.4, -0.2) is 79.7 Å². The molecule has 0 aliphatic carbocycles. The summed E-state index contributed by atoms with van der Waals surface area (Å²) in [6.45, 7) is 0.513. The second-order valence-electron chi connectivity index (χ2n) is 7.59. The van der Waals surface area contributed by atoms with Gasteiger partial charge in [0.25, 0.3) is 0 Å². The summed E-state index contributed by atoms with van der Waals surface area (Å²) in [7, 11) is 0. The number of phenols is 2. The van der Waals surface area contributed by atoms with Crippen molar-refractivity contribution in [1.29, 1.82) is 0 Å². The van der Waals surface area contributed by atoms with Gasteiger partial charge < -0.3 is 49.6 Å². The Balaban J connectivity index is 1.73. The number of phenolic OH excluding ortho intramolecular Hbond substituents is 2. The molecule has 0 bridgehead atoms. The van der Waals surface area contributed by atoms with Gasteiger partial charge in [0.05, 0.1) is 13.2 Å². The molecule has 0 spiro atoms. The van der Waals surface area contributed by atoms with Crippen molar-refractivity contribution in [1.82, 2.24) is 0 Å². The van der Waals surface area contributed by atoms with Gasteiger partial charge in [0.1, 0.15) is 59.3 Å². The Morgan fingerprint density at radius 1 is 1.12 bits per heavy atom. The number of rotatable bonds is 7. The summed E-state index contributed by atoms with van der Waals surface area (Å²) in [4.78, 5) is 12.2. The van der Waals surface area contributed by atoms with Gasteiger partial charge in [0, 0.05) is 17.7 Å². The number of hydrogen-bond acceptors (Lipinski definition) is 11. The minimum absolute atomic E-state index is 0.00451. The van der Waals surface area contributed by atoms with Gasteiger partial charge in [-0.15, -0.1) is 0 Å². The third-order valence-electron chi connectivity index (χ3n) is 5.26. The molecule has 1 aliphatic rings. The first kappa shape index (κ1) is 24.1. The van der Waals surface area contributed by atoms with Crippen LogP contribution in [0.1, 0.15) is 18.2 Å². The molecule has 176 valence electrons. The molecular weight excluding hydrogens is 428 g/mol. The van der Waals surface area contributed by atoms with Crippen LogP contribution in [0.4, 0.5) is 0 Å². The Kier molecular flexibility index (Phi) is 7.51. The van der Waals surface area contributed by atoms with Gasteiger partial charge in [0.2, 0.25) is 0 Å². The van der Waals surface area contributed by atoms with E-state index in [2.05, 4.69) is 0 Å². The second-order valence-corrected chi connectivity index (χ2v) is 7.59. The molecule has 5 atom stereocenters. The fourth-order valence-corrected chi connectivity index (χ4v) is 3.41. The fraction of sp³-hybridized carbons (Fsp3) is 0.476. The number of hydrogen-bond donors (Lipinski definition) is 7. The van der Waals surface area contributed by atoms with E-state index in [-0.39, 0.29) is 41.1 Å². The summed E-state index contributed by atoms with van der Waals surface area (Å²) in [5, 5.41) is 68.6. The molecule has 1 aliphatic heterocycles. The van der Waals surface area contributed by atoms with E-state index in [0.717, 1.165) is 6.07 Å². The maximum atomic E-state index is 12.2. The molecule has 0 radical (unpaired) electrons. The SMILES string of the molecule is C/C(=C/Cc1c(O)cc2oc(CO)cc(=O)c2c1O)CO[C@@H]1O[C@H](CO)[C@@H](O)[C@H](O)[C@H]1O. The largest absolute Gasteiger partial charge is 0.507 e. The number of aliphatic hydroxyl groups is 5. The molecule has 2 aromatic rings. The smallest absolute Gasteiger partial charge is 0.196 e.